The van der Waals surface area contributed by atoms with E-state index in [4.69, 9.17) is 11.6 Å². The number of sulfonamides is 1. The van der Waals surface area contributed by atoms with Crippen LogP contribution >= 0.6 is 11.6 Å². The largest absolute Gasteiger partial charge is 0.324 e. The van der Waals surface area contributed by atoms with Crippen LogP contribution in [0, 0.1) is 5.82 Å². The van der Waals surface area contributed by atoms with E-state index in [1.54, 1.807) is 0 Å². The Hall–Kier alpha value is -1.41. The summed E-state index contributed by atoms with van der Waals surface area (Å²) < 4.78 is 52.3. The van der Waals surface area contributed by atoms with Crippen LogP contribution in [-0.4, -0.2) is 26.6 Å². The Morgan fingerprint density at radius 1 is 1.40 bits per heavy atom. The lowest BCUT2D eigenvalue weighted by atomic mass is 10.3. The van der Waals surface area contributed by atoms with Gasteiger partial charge in [0.15, 0.2) is 0 Å². The molecule has 0 bridgehead atoms. The first-order valence-corrected chi connectivity index (χ1v) is 7.66. The topological polar surface area (TPSA) is 70.6 Å². The maximum absolute atomic E-state index is 13.4. The summed E-state index contributed by atoms with van der Waals surface area (Å²) >= 11 is 5.63. The van der Waals surface area contributed by atoms with E-state index in [2.05, 4.69) is 15.0 Å². The molecule has 1 aliphatic heterocycles. The van der Waals surface area contributed by atoms with Crippen molar-refractivity contribution in [1.29, 1.82) is 0 Å². The van der Waals surface area contributed by atoms with Crippen molar-refractivity contribution in [3.8, 4) is 0 Å². The zero-order valence-electron chi connectivity index (χ0n) is 10.1. The Labute approximate surface area is 119 Å². The van der Waals surface area contributed by atoms with Crippen LogP contribution in [0.3, 0.4) is 0 Å². The Morgan fingerprint density at radius 3 is 2.70 bits per heavy atom. The van der Waals surface area contributed by atoms with E-state index < -0.39 is 28.1 Å². The maximum Gasteiger partial charge on any atom is 0.266 e. The maximum atomic E-state index is 13.4. The van der Waals surface area contributed by atoms with Crippen molar-refractivity contribution in [2.45, 2.75) is 23.3 Å². The monoisotopic (exact) mass is 321 g/mol. The SMILES string of the molecule is O=S1(=O)NC(=NC2(CF)CC2)Nc2cc(Cl)c(F)cc21. The van der Waals surface area contributed by atoms with E-state index in [0.717, 1.165) is 12.1 Å². The van der Waals surface area contributed by atoms with Crippen molar-refractivity contribution < 1.29 is 17.2 Å². The normalized spacial score (nSPS) is 23.6. The van der Waals surface area contributed by atoms with Gasteiger partial charge >= 0.3 is 0 Å². The second-order valence-electron chi connectivity index (χ2n) is 4.81. The van der Waals surface area contributed by atoms with Crippen molar-refractivity contribution in [1.82, 2.24) is 4.72 Å². The van der Waals surface area contributed by atoms with Gasteiger partial charge in [0.25, 0.3) is 10.0 Å². The fraction of sp³-hybridized carbons (Fsp3) is 0.364. The van der Waals surface area contributed by atoms with Gasteiger partial charge in [-0.2, -0.15) is 0 Å². The van der Waals surface area contributed by atoms with Gasteiger partial charge in [-0.1, -0.05) is 11.6 Å². The number of anilines is 1. The summed E-state index contributed by atoms with van der Waals surface area (Å²) in [5, 5.41) is 2.48. The average Bonchev–Trinajstić information content (AvgIpc) is 3.12. The van der Waals surface area contributed by atoms with Crippen molar-refractivity contribution in [3.05, 3.63) is 23.0 Å². The van der Waals surface area contributed by atoms with Gasteiger partial charge in [0.1, 0.15) is 17.4 Å². The first-order chi connectivity index (χ1) is 9.35. The number of alkyl halides is 1. The van der Waals surface area contributed by atoms with Crippen molar-refractivity contribution >= 4 is 33.3 Å². The van der Waals surface area contributed by atoms with Crippen molar-refractivity contribution in [2.24, 2.45) is 4.99 Å². The second-order valence-corrected chi connectivity index (χ2v) is 6.87. The number of guanidine groups is 1. The zero-order valence-corrected chi connectivity index (χ0v) is 11.7. The molecule has 2 N–H and O–H groups in total. The Morgan fingerprint density at radius 2 is 2.10 bits per heavy atom. The molecule has 5 nitrogen and oxygen atoms in total. The van der Waals surface area contributed by atoms with Gasteiger partial charge in [-0.3, -0.25) is 0 Å². The molecule has 1 saturated carbocycles. The van der Waals surface area contributed by atoms with Gasteiger partial charge < -0.3 is 5.32 Å². The van der Waals surface area contributed by atoms with Crippen molar-refractivity contribution in [2.75, 3.05) is 12.0 Å². The quantitative estimate of drug-likeness (QED) is 0.875. The van der Waals surface area contributed by atoms with Crippen LogP contribution in [0.4, 0.5) is 14.5 Å². The van der Waals surface area contributed by atoms with Gasteiger partial charge in [0.2, 0.25) is 5.96 Å². The summed E-state index contributed by atoms with van der Waals surface area (Å²) in [4.78, 5) is 3.79. The van der Waals surface area contributed by atoms with Crippen LogP contribution in [0.1, 0.15) is 12.8 Å². The highest BCUT2D eigenvalue weighted by Gasteiger charge is 2.44. The number of hydrogen-bond donors (Lipinski definition) is 2. The molecular weight excluding hydrogens is 312 g/mol. The molecule has 0 aromatic heterocycles. The van der Waals surface area contributed by atoms with Gasteiger partial charge in [-0.05, 0) is 25.0 Å². The van der Waals surface area contributed by atoms with Crippen LogP contribution in [0.2, 0.25) is 5.02 Å². The van der Waals surface area contributed by atoms with Gasteiger partial charge in [0, 0.05) is 0 Å². The number of halogens is 3. The molecule has 20 heavy (non-hydrogen) atoms. The molecule has 9 heteroatoms. The number of rotatable bonds is 2. The van der Waals surface area contributed by atoms with E-state index in [-0.39, 0.29) is 21.6 Å². The molecule has 0 unspecified atom stereocenters. The lowest BCUT2D eigenvalue weighted by Crippen LogP contribution is -2.42. The number of nitrogens with one attached hydrogen (secondary N) is 2. The van der Waals surface area contributed by atoms with Gasteiger partial charge in [-0.25, -0.2) is 26.9 Å². The number of hydrogen-bond acceptors (Lipinski definition) is 3. The summed E-state index contributed by atoms with van der Waals surface area (Å²) in [6.07, 6.45) is 1.13. The number of benzene rings is 1. The van der Waals surface area contributed by atoms with E-state index in [1.165, 1.54) is 0 Å². The summed E-state index contributed by atoms with van der Waals surface area (Å²) in [5.41, 5.74) is -0.727. The lowest BCUT2D eigenvalue weighted by Gasteiger charge is -2.22. The highest BCUT2D eigenvalue weighted by molar-refractivity contribution is 7.90. The number of fused-ring (bicyclic) bond motifs is 1. The van der Waals surface area contributed by atoms with Crippen LogP contribution in [0.15, 0.2) is 22.0 Å². The molecule has 3 rings (SSSR count). The molecule has 0 saturated heterocycles. The number of nitrogens with zero attached hydrogens (tertiary/aromatic N) is 1. The Balaban J connectivity index is 2.06. The summed E-state index contributed by atoms with van der Waals surface area (Å²) in [6, 6.07) is 1.99. The standard InChI is InChI=1S/C11H10ClF2N3O2S/c12-6-3-8-9(4-7(6)14)20(18,19)17-10(15-8)16-11(5-13)1-2-11/h3-4H,1-2,5H2,(H2,15,16,17). The smallest absolute Gasteiger partial charge is 0.266 e. The van der Waals surface area contributed by atoms with E-state index in [9.17, 15) is 17.2 Å². The molecule has 0 radical (unpaired) electrons. The highest BCUT2D eigenvalue weighted by atomic mass is 35.5. The molecule has 1 fully saturated rings. The Kier molecular flexibility index (Phi) is 2.91. The van der Waals surface area contributed by atoms with Crippen LogP contribution in [-0.2, 0) is 10.0 Å². The van der Waals surface area contributed by atoms with E-state index in [1.807, 2.05) is 0 Å². The minimum atomic E-state index is -3.95. The zero-order chi connectivity index (χ0) is 14.5. The molecule has 108 valence electrons. The predicted octanol–water partition coefficient (Wildman–Crippen LogP) is 2.04. The van der Waals surface area contributed by atoms with Crippen LogP contribution in [0.25, 0.3) is 0 Å². The summed E-state index contributed by atoms with van der Waals surface area (Å²) in [6.45, 7) is -0.656. The van der Waals surface area contributed by atoms with Crippen molar-refractivity contribution in [3.63, 3.8) is 0 Å². The molecule has 0 spiro atoms. The fourth-order valence-electron chi connectivity index (χ4n) is 1.89. The molecule has 1 heterocycles. The number of aliphatic imine (C=N–C) groups is 1. The summed E-state index contributed by atoms with van der Waals surface area (Å²) in [7, 11) is -3.95. The third-order valence-corrected chi connectivity index (χ3v) is 4.89. The highest BCUT2D eigenvalue weighted by Crippen LogP contribution is 2.40. The molecule has 1 aromatic rings. The fourth-order valence-corrected chi connectivity index (χ4v) is 3.17. The molecule has 1 aromatic carbocycles. The molecule has 1 aliphatic carbocycles. The molecule has 0 atom stereocenters. The summed E-state index contributed by atoms with van der Waals surface area (Å²) in [5.74, 6) is -0.907. The van der Waals surface area contributed by atoms with Gasteiger partial charge in [-0.15, -0.1) is 0 Å². The minimum Gasteiger partial charge on any atom is -0.324 e. The molecular formula is C11H10ClF2N3O2S. The van der Waals surface area contributed by atoms with Crippen LogP contribution < -0.4 is 10.0 Å². The lowest BCUT2D eigenvalue weighted by molar-refractivity contribution is 0.418. The average molecular weight is 322 g/mol. The van der Waals surface area contributed by atoms with E-state index in [0.29, 0.717) is 12.8 Å². The first kappa shape index (κ1) is 13.6. The third-order valence-electron chi connectivity index (χ3n) is 3.22. The molecule has 2 aliphatic rings. The third kappa shape index (κ3) is 2.22. The second kappa shape index (κ2) is 4.29. The van der Waals surface area contributed by atoms with Crippen LogP contribution in [0.5, 0.6) is 0 Å². The van der Waals surface area contributed by atoms with Gasteiger partial charge in [0.05, 0.1) is 16.2 Å². The molecule has 0 amide bonds. The first-order valence-electron chi connectivity index (χ1n) is 5.80. The van der Waals surface area contributed by atoms with E-state index >= 15 is 0 Å². The minimum absolute atomic E-state index is 0.0738. The predicted molar refractivity (Wildman–Crippen MR) is 70.7 cm³/mol. The Bertz CT molecular complexity index is 717.